The quantitative estimate of drug-likeness (QED) is 0.889. The minimum Gasteiger partial charge on any atom is -0.396 e. The Morgan fingerprint density at radius 3 is 2.38 bits per heavy atom. The second-order valence-corrected chi connectivity index (χ2v) is 5.01. The van der Waals surface area contributed by atoms with Crippen molar-refractivity contribution in [3.63, 3.8) is 0 Å². The second kappa shape index (κ2) is 4.42. The Balaban J connectivity index is 3.20. The predicted molar refractivity (Wildman–Crippen MR) is 50.5 cm³/mol. The molecule has 3 nitrogen and oxygen atoms in total. The average Bonchev–Trinajstić information content (AvgIpc) is 2.17. The highest BCUT2D eigenvalue weighted by atomic mass is 32.2. The molecule has 16 heavy (non-hydrogen) atoms. The number of sulfone groups is 1. The highest BCUT2D eigenvalue weighted by Gasteiger charge is 2.46. The molecule has 0 amide bonds. The smallest absolute Gasteiger partial charge is 0.396 e. The second-order valence-electron chi connectivity index (χ2n) is 3.07. The third-order valence-corrected chi connectivity index (χ3v) is 3.40. The first-order valence-corrected chi connectivity index (χ1v) is 5.78. The molecule has 0 bridgehead atoms. The summed E-state index contributed by atoms with van der Waals surface area (Å²) in [6, 6.07) is 4.46. The van der Waals surface area contributed by atoms with E-state index in [1.54, 1.807) is 0 Å². The number of hydrogen-bond donors (Lipinski definition) is 1. The summed E-state index contributed by atoms with van der Waals surface area (Å²) in [6.45, 7) is -0.254. The zero-order chi connectivity index (χ0) is 12.4. The van der Waals surface area contributed by atoms with Gasteiger partial charge in [0.15, 0.2) is 0 Å². The molecule has 0 saturated heterocycles. The topological polar surface area (TPSA) is 54.4 Å². The van der Waals surface area contributed by atoms with Crippen LogP contribution in [0.4, 0.5) is 13.2 Å². The van der Waals surface area contributed by atoms with E-state index >= 15 is 0 Å². The van der Waals surface area contributed by atoms with Crippen molar-refractivity contribution in [1.82, 2.24) is 0 Å². The van der Waals surface area contributed by atoms with E-state index in [2.05, 4.69) is 0 Å². The van der Waals surface area contributed by atoms with Crippen molar-refractivity contribution in [2.24, 2.45) is 0 Å². The lowest BCUT2D eigenvalue weighted by atomic mass is 10.2. The van der Waals surface area contributed by atoms with Gasteiger partial charge in [-0.2, -0.15) is 13.2 Å². The van der Waals surface area contributed by atoms with Crippen LogP contribution in [0, 0.1) is 0 Å². The van der Waals surface area contributed by atoms with Crippen LogP contribution >= 0.6 is 0 Å². The number of hydrogen-bond acceptors (Lipinski definition) is 3. The van der Waals surface area contributed by atoms with Crippen LogP contribution in [0.1, 0.15) is 5.56 Å². The molecule has 1 aromatic rings. The van der Waals surface area contributed by atoms with Crippen molar-refractivity contribution in [3.05, 3.63) is 29.8 Å². The minimum absolute atomic E-state index is 0.112. The van der Waals surface area contributed by atoms with E-state index in [1.807, 2.05) is 0 Å². The van der Waals surface area contributed by atoms with Crippen molar-refractivity contribution in [2.75, 3.05) is 6.61 Å². The molecule has 90 valence electrons. The summed E-state index contributed by atoms with van der Waals surface area (Å²) in [4.78, 5) is -0.800. The molecule has 0 fully saturated rings. The molecule has 0 saturated carbocycles. The van der Waals surface area contributed by atoms with Gasteiger partial charge in [-0.1, -0.05) is 12.1 Å². The summed E-state index contributed by atoms with van der Waals surface area (Å²) in [6.07, 6.45) is 0.112. The maximum Gasteiger partial charge on any atom is 0.501 e. The van der Waals surface area contributed by atoms with Crippen LogP contribution in [0.3, 0.4) is 0 Å². The molecule has 1 N–H and O–H groups in total. The number of alkyl halides is 3. The van der Waals surface area contributed by atoms with Crippen molar-refractivity contribution in [2.45, 2.75) is 16.8 Å². The highest BCUT2D eigenvalue weighted by Crippen LogP contribution is 2.30. The SMILES string of the molecule is O=S(=O)(c1cccc(CCO)c1)C(F)(F)F. The Labute approximate surface area is 90.4 Å². The molecule has 0 heterocycles. The van der Waals surface area contributed by atoms with Crippen LogP contribution < -0.4 is 0 Å². The summed E-state index contributed by atoms with van der Waals surface area (Å²) in [5.74, 6) is 0. The van der Waals surface area contributed by atoms with Crippen molar-refractivity contribution in [1.29, 1.82) is 0 Å². The minimum atomic E-state index is -5.30. The molecule has 7 heteroatoms. The lowest BCUT2D eigenvalue weighted by Crippen LogP contribution is -2.23. The monoisotopic (exact) mass is 254 g/mol. The third kappa shape index (κ3) is 2.53. The molecular formula is C9H9F3O3S. The molecule has 1 aromatic carbocycles. The van der Waals surface area contributed by atoms with Gasteiger partial charge < -0.3 is 5.11 Å². The average molecular weight is 254 g/mol. The van der Waals surface area contributed by atoms with Gasteiger partial charge in [0.2, 0.25) is 0 Å². The van der Waals surface area contributed by atoms with E-state index in [9.17, 15) is 21.6 Å². The Kier molecular flexibility index (Phi) is 3.59. The standard InChI is InChI=1S/C9H9F3O3S/c10-9(11,12)16(14,15)8-3-1-2-7(6-8)4-5-13/h1-3,6,13H,4-5H2. The lowest BCUT2D eigenvalue weighted by Gasteiger charge is -2.08. The predicted octanol–water partition coefficient (Wildman–Crippen LogP) is 1.51. The molecule has 0 aliphatic rings. The van der Waals surface area contributed by atoms with Gasteiger partial charge in [-0.05, 0) is 24.1 Å². The number of aliphatic hydroxyl groups excluding tert-OH is 1. The molecule has 0 radical (unpaired) electrons. The van der Waals surface area contributed by atoms with Gasteiger partial charge in [0, 0.05) is 6.61 Å². The first-order chi connectivity index (χ1) is 7.29. The van der Waals surface area contributed by atoms with Gasteiger partial charge in [-0.3, -0.25) is 0 Å². The first kappa shape index (κ1) is 13.0. The van der Waals surface area contributed by atoms with Crippen LogP contribution in [0.5, 0.6) is 0 Å². The van der Waals surface area contributed by atoms with Gasteiger partial charge in [0.25, 0.3) is 9.84 Å². The Morgan fingerprint density at radius 2 is 1.88 bits per heavy atom. The van der Waals surface area contributed by atoms with Crippen LogP contribution in [-0.4, -0.2) is 25.6 Å². The molecule has 0 aliphatic heterocycles. The number of benzene rings is 1. The maximum absolute atomic E-state index is 12.2. The summed E-state index contributed by atoms with van der Waals surface area (Å²) in [5, 5.41) is 8.60. The summed E-state index contributed by atoms with van der Waals surface area (Å²) < 4.78 is 58.6. The molecule has 1 rings (SSSR count). The first-order valence-electron chi connectivity index (χ1n) is 4.30. The van der Waals surface area contributed by atoms with Gasteiger partial charge in [-0.15, -0.1) is 0 Å². The number of halogens is 3. The van der Waals surface area contributed by atoms with Crippen molar-refractivity contribution in [3.8, 4) is 0 Å². The third-order valence-electron chi connectivity index (χ3n) is 1.91. The Hall–Kier alpha value is -1.08. The van der Waals surface area contributed by atoms with Crippen LogP contribution in [0.25, 0.3) is 0 Å². The molecular weight excluding hydrogens is 245 g/mol. The van der Waals surface area contributed by atoms with E-state index in [0.29, 0.717) is 5.56 Å². The Bertz CT molecular complexity index is 465. The molecule has 0 atom stereocenters. The van der Waals surface area contributed by atoms with Crippen LogP contribution in [-0.2, 0) is 16.3 Å². The molecule has 0 spiro atoms. The fraction of sp³-hybridized carbons (Fsp3) is 0.333. The van der Waals surface area contributed by atoms with E-state index in [1.165, 1.54) is 12.1 Å². The van der Waals surface area contributed by atoms with Gasteiger partial charge in [-0.25, -0.2) is 8.42 Å². The number of rotatable bonds is 3. The van der Waals surface area contributed by atoms with E-state index in [0.717, 1.165) is 12.1 Å². The summed E-state index contributed by atoms with van der Waals surface area (Å²) in [5.41, 5.74) is -4.96. The normalized spacial score (nSPS) is 12.8. The van der Waals surface area contributed by atoms with E-state index in [-0.39, 0.29) is 13.0 Å². The highest BCUT2D eigenvalue weighted by molar-refractivity contribution is 7.92. The molecule has 0 aliphatic carbocycles. The van der Waals surface area contributed by atoms with Crippen LogP contribution in [0.2, 0.25) is 0 Å². The van der Waals surface area contributed by atoms with E-state index < -0.39 is 20.2 Å². The summed E-state index contributed by atoms with van der Waals surface area (Å²) in [7, 11) is -5.30. The largest absolute Gasteiger partial charge is 0.501 e. The zero-order valence-corrected chi connectivity index (χ0v) is 8.85. The summed E-state index contributed by atoms with van der Waals surface area (Å²) >= 11 is 0. The zero-order valence-electron chi connectivity index (χ0n) is 8.03. The van der Waals surface area contributed by atoms with Gasteiger partial charge in [0.1, 0.15) is 0 Å². The van der Waals surface area contributed by atoms with Gasteiger partial charge >= 0.3 is 5.51 Å². The van der Waals surface area contributed by atoms with E-state index in [4.69, 9.17) is 5.11 Å². The number of aliphatic hydroxyl groups is 1. The maximum atomic E-state index is 12.2. The lowest BCUT2D eigenvalue weighted by molar-refractivity contribution is -0.0436. The fourth-order valence-electron chi connectivity index (χ4n) is 1.13. The molecule has 0 unspecified atom stereocenters. The Morgan fingerprint density at radius 1 is 1.25 bits per heavy atom. The van der Waals surface area contributed by atoms with Crippen molar-refractivity contribution < 1.29 is 26.7 Å². The molecule has 0 aromatic heterocycles. The van der Waals surface area contributed by atoms with Crippen molar-refractivity contribution >= 4 is 9.84 Å². The van der Waals surface area contributed by atoms with Gasteiger partial charge in [0.05, 0.1) is 4.90 Å². The van der Waals surface area contributed by atoms with Crippen LogP contribution in [0.15, 0.2) is 29.2 Å². The fourth-order valence-corrected chi connectivity index (χ4v) is 1.96.